The van der Waals surface area contributed by atoms with Gasteiger partial charge in [0.15, 0.2) is 23.9 Å². The van der Waals surface area contributed by atoms with Crippen LogP contribution in [0.4, 0.5) is 5.69 Å². The molecular formula is C20H19NO6S. The maximum absolute atomic E-state index is 12.1. The summed E-state index contributed by atoms with van der Waals surface area (Å²) >= 11 is 1.54. The third kappa shape index (κ3) is 5.26. The van der Waals surface area contributed by atoms with Crippen LogP contribution in [0.3, 0.4) is 0 Å². The van der Waals surface area contributed by atoms with Gasteiger partial charge in [-0.3, -0.25) is 14.4 Å². The molecule has 28 heavy (non-hydrogen) atoms. The number of rotatable bonds is 8. The highest BCUT2D eigenvalue weighted by molar-refractivity contribution is 7.99. The van der Waals surface area contributed by atoms with E-state index < -0.39 is 18.5 Å². The molecule has 3 rings (SSSR count). The van der Waals surface area contributed by atoms with Crippen LogP contribution in [-0.4, -0.2) is 36.8 Å². The first kappa shape index (κ1) is 19.8. The number of carbonyl (C=O) groups is 3. The van der Waals surface area contributed by atoms with Crippen LogP contribution >= 0.6 is 11.8 Å². The van der Waals surface area contributed by atoms with E-state index in [9.17, 15) is 14.4 Å². The second kappa shape index (κ2) is 9.27. The van der Waals surface area contributed by atoms with Crippen molar-refractivity contribution in [2.24, 2.45) is 0 Å². The van der Waals surface area contributed by atoms with Gasteiger partial charge in [0.05, 0.1) is 12.1 Å². The zero-order valence-corrected chi connectivity index (χ0v) is 16.0. The topological polar surface area (TPSA) is 90.9 Å². The van der Waals surface area contributed by atoms with Gasteiger partial charge in [-0.1, -0.05) is 18.2 Å². The molecule has 1 N–H and O–H groups in total. The SMILES string of the molecule is CC(=O)c1cc2c(cc1NC(=O)COC(=O)CCSc1ccccc1)OCO2. The summed E-state index contributed by atoms with van der Waals surface area (Å²) in [5, 5.41) is 2.58. The van der Waals surface area contributed by atoms with Gasteiger partial charge in [0.25, 0.3) is 5.91 Å². The van der Waals surface area contributed by atoms with Crippen molar-refractivity contribution in [2.45, 2.75) is 18.2 Å². The highest BCUT2D eigenvalue weighted by Crippen LogP contribution is 2.37. The summed E-state index contributed by atoms with van der Waals surface area (Å²) in [6.07, 6.45) is 0.190. The number of carbonyl (C=O) groups excluding carboxylic acids is 3. The van der Waals surface area contributed by atoms with E-state index in [0.717, 1.165) is 4.90 Å². The molecule has 0 radical (unpaired) electrons. The predicted octanol–water partition coefficient (Wildman–Crippen LogP) is 3.28. The van der Waals surface area contributed by atoms with Gasteiger partial charge >= 0.3 is 5.97 Å². The average molecular weight is 401 g/mol. The molecule has 0 bridgehead atoms. The van der Waals surface area contributed by atoms with E-state index >= 15 is 0 Å². The van der Waals surface area contributed by atoms with Gasteiger partial charge < -0.3 is 19.5 Å². The number of nitrogens with one attached hydrogen (secondary N) is 1. The Morgan fingerprint density at radius 1 is 1.11 bits per heavy atom. The predicted molar refractivity (Wildman–Crippen MR) is 104 cm³/mol. The second-order valence-corrected chi connectivity index (χ2v) is 7.10. The van der Waals surface area contributed by atoms with E-state index in [2.05, 4.69) is 5.32 Å². The fourth-order valence-electron chi connectivity index (χ4n) is 2.51. The number of thioether (sulfide) groups is 1. The molecule has 0 aliphatic carbocycles. The largest absolute Gasteiger partial charge is 0.456 e. The fourth-order valence-corrected chi connectivity index (χ4v) is 3.36. The average Bonchev–Trinajstić information content (AvgIpc) is 3.14. The van der Waals surface area contributed by atoms with Crippen molar-refractivity contribution in [1.29, 1.82) is 0 Å². The minimum atomic E-state index is -0.537. The Hall–Kier alpha value is -3.00. The molecule has 0 saturated carbocycles. The van der Waals surface area contributed by atoms with E-state index in [1.54, 1.807) is 0 Å². The lowest BCUT2D eigenvalue weighted by atomic mass is 10.1. The first-order valence-electron chi connectivity index (χ1n) is 8.61. The molecule has 1 aliphatic rings. The molecule has 0 aromatic heterocycles. The maximum atomic E-state index is 12.1. The Bertz CT molecular complexity index is 884. The highest BCUT2D eigenvalue weighted by atomic mass is 32.2. The molecule has 2 aromatic carbocycles. The van der Waals surface area contributed by atoms with Gasteiger partial charge in [0.1, 0.15) is 0 Å². The number of fused-ring (bicyclic) bond motifs is 1. The van der Waals surface area contributed by atoms with Gasteiger partial charge in [0, 0.05) is 22.3 Å². The number of Topliss-reactive ketones (excluding diaryl/α,β-unsaturated/α-hetero) is 1. The Morgan fingerprint density at radius 3 is 2.54 bits per heavy atom. The Balaban J connectivity index is 1.48. The molecule has 1 aliphatic heterocycles. The van der Waals surface area contributed by atoms with Gasteiger partial charge in [-0.2, -0.15) is 0 Å². The van der Waals surface area contributed by atoms with Crippen LogP contribution in [0.15, 0.2) is 47.4 Å². The van der Waals surface area contributed by atoms with Crippen molar-refractivity contribution in [3.8, 4) is 11.5 Å². The van der Waals surface area contributed by atoms with Gasteiger partial charge in [-0.25, -0.2) is 0 Å². The summed E-state index contributed by atoms with van der Waals surface area (Å²) in [5.41, 5.74) is 0.584. The van der Waals surface area contributed by atoms with E-state index in [4.69, 9.17) is 14.2 Å². The van der Waals surface area contributed by atoms with Gasteiger partial charge in [0.2, 0.25) is 6.79 Å². The maximum Gasteiger partial charge on any atom is 0.307 e. The third-order valence-corrected chi connectivity index (χ3v) is 4.86. The number of hydrogen-bond donors (Lipinski definition) is 1. The molecule has 1 amide bonds. The van der Waals surface area contributed by atoms with Crippen molar-refractivity contribution in [3.05, 3.63) is 48.0 Å². The van der Waals surface area contributed by atoms with E-state index in [1.165, 1.54) is 30.8 Å². The summed E-state index contributed by atoms with van der Waals surface area (Å²) in [6.45, 7) is 1.01. The monoisotopic (exact) mass is 401 g/mol. The molecule has 0 fully saturated rings. The minimum Gasteiger partial charge on any atom is -0.456 e. The fraction of sp³-hybridized carbons (Fsp3) is 0.250. The van der Waals surface area contributed by atoms with Crippen LogP contribution in [0.1, 0.15) is 23.7 Å². The summed E-state index contributed by atoms with van der Waals surface area (Å²) in [5.74, 6) is 0.215. The van der Waals surface area contributed by atoms with Crippen LogP contribution in [0.2, 0.25) is 0 Å². The number of esters is 1. The lowest BCUT2D eigenvalue weighted by molar-refractivity contribution is -0.146. The zero-order chi connectivity index (χ0) is 19.9. The molecular weight excluding hydrogens is 382 g/mol. The molecule has 146 valence electrons. The van der Waals surface area contributed by atoms with Crippen molar-refractivity contribution in [3.63, 3.8) is 0 Å². The highest BCUT2D eigenvalue weighted by Gasteiger charge is 2.20. The number of amides is 1. The number of hydrogen-bond acceptors (Lipinski definition) is 7. The lowest BCUT2D eigenvalue weighted by Crippen LogP contribution is -2.22. The van der Waals surface area contributed by atoms with Gasteiger partial charge in [-0.05, 0) is 25.1 Å². The van der Waals surface area contributed by atoms with E-state index in [-0.39, 0.29) is 24.7 Å². The van der Waals surface area contributed by atoms with Crippen molar-refractivity contribution in [1.82, 2.24) is 0 Å². The van der Waals surface area contributed by atoms with Crippen LogP contribution in [-0.2, 0) is 14.3 Å². The third-order valence-electron chi connectivity index (χ3n) is 3.85. The van der Waals surface area contributed by atoms with E-state index in [0.29, 0.717) is 22.8 Å². The van der Waals surface area contributed by atoms with Crippen LogP contribution < -0.4 is 14.8 Å². The summed E-state index contributed by atoms with van der Waals surface area (Å²) in [7, 11) is 0. The first-order chi connectivity index (χ1) is 13.5. The molecule has 0 saturated heterocycles. The minimum absolute atomic E-state index is 0.0582. The first-order valence-corrected chi connectivity index (χ1v) is 9.59. The quantitative estimate of drug-likeness (QED) is 0.412. The standard InChI is InChI=1S/C20H19NO6S/c1-13(22)15-9-17-18(27-12-26-17)10-16(15)21-19(23)11-25-20(24)7-8-28-14-5-3-2-4-6-14/h2-6,9-10H,7-8,11-12H2,1H3,(H,21,23). The number of ether oxygens (including phenoxy) is 3. The van der Waals surface area contributed by atoms with Crippen molar-refractivity contribution in [2.75, 3.05) is 24.5 Å². The summed E-state index contributed by atoms with van der Waals surface area (Å²) in [4.78, 5) is 36.8. The molecule has 8 heteroatoms. The van der Waals surface area contributed by atoms with E-state index in [1.807, 2.05) is 30.3 Å². The molecule has 2 aromatic rings. The van der Waals surface area contributed by atoms with Gasteiger partial charge in [-0.15, -0.1) is 11.8 Å². The Kier molecular flexibility index (Phi) is 6.54. The summed E-state index contributed by atoms with van der Waals surface area (Å²) in [6, 6.07) is 12.7. The number of benzene rings is 2. The normalized spacial score (nSPS) is 11.8. The number of ketones is 1. The smallest absolute Gasteiger partial charge is 0.307 e. The molecule has 0 atom stereocenters. The molecule has 0 unspecified atom stereocenters. The molecule has 1 heterocycles. The van der Waals surface area contributed by atoms with Crippen LogP contribution in [0.5, 0.6) is 11.5 Å². The molecule has 7 nitrogen and oxygen atoms in total. The Morgan fingerprint density at radius 2 is 1.82 bits per heavy atom. The Labute approximate surface area is 166 Å². The van der Waals surface area contributed by atoms with Crippen molar-refractivity contribution < 1.29 is 28.6 Å². The van der Waals surface area contributed by atoms with Crippen LogP contribution in [0.25, 0.3) is 0 Å². The zero-order valence-electron chi connectivity index (χ0n) is 15.2. The molecule has 0 spiro atoms. The second-order valence-electron chi connectivity index (χ2n) is 5.93. The summed E-state index contributed by atoms with van der Waals surface area (Å²) < 4.78 is 15.5. The van der Waals surface area contributed by atoms with Crippen molar-refractivity contribution >= 4 is 35.1 Å². The number of anilines is 1. The van der Waals surface area contributed by atoms with Crippen LogP contribution in [0, 0.1) is 0 Å². The lowest BCUT2D eigenvalue weighted by Gasteiger charge is -2.11.